The second-order valence-electron chi connectivity index (χ2n) is 9.50. The molecule has 0 aliphatic rings. The minimum atomic E-state index is -0.560. The van der Waals surface area contributed by atoms with Crippen LogP contribution < -0.4 is 20.3 Å². The van der Waals surface area contributed by atoms with E-state index < -0.39 is 6.04 Å². The lowest BCUT2D eigenvalue weighted by molar-refractivity contribution is 0.177. The van der Waals surface area contributed by atoms with Crippen LogP contribution >= 0.6 is 0 Å². The minimum absolute atomic E-state index is 0.233. The number of para-hydroxylation sites is 3. The van der Waals surface area contributed by atoms with Gasteiger partial charge in [-0.3, -0.25) is 9.36 Å². The van der Waals surface area contributed by atoms with Crippen LogP contribution in [0.4, 0.5) is 10.5 Å². The molecule has 41 heavy (non-hydrogen) atoms. The van der Waals surface area contributed by atoms with Gasteiger partial charge in [-0.05, 0) is 60.5 Å². The van der Waals surface area contributed by atoms with Crippen LogP contribution in [0.25, 0.3) is 16.6 Å². The van der Waals surface area contributed by atoms with Gasteiger partial charge in [0.1, 0.15) is 17.3 Å². The van der Waals surface area contributed by atoms with Crippen LogP contribution in [-0.4, -0.2) is 34.7 Å². The van der Waals surface area contributed by atoms with Crippen LogP contribution in [0.1, 0.15) is 30.8 Å². The fourth-order valence-corrected chi connectivity index (χ4v) is 4.94. The number of nitrogens with one attached hydrogen (secondary N) is 1. The Bertz CT molecular complexity index is 1700. The molecule has 208 valence electrons. The lowest BCUT2D eigenvalue weighted by atomic mass is 10.1. The summed E-state index contributed by atoms with van der Waals surface area (Å²) in [6, 6.07) is 30.6. The zero-order chi connectivity index (χ0) is 28.8. The lowest BCUT2D eigenvalue weighted by Crippen LogP contribution is -2.40. The quantitative estimate of drug-likeness (QED) is 0.225. The molecule has 0 aliphatic heterocycles. The van der Waals surface area contributed by atoms with E-state index in [2.05, 4.69) is 5.32 Å². The molecule has 0 bridgehead atoms. The molecule has 0 saturated heterocycles. The molecule has 0 spiro atoms. The number of rotatable bonds is 9. The van der Waals surface area contributed by atoms with Crippen molar-refractivity contribution in [3.63, 3.8) is 0 Å². The number of aromatic nitrogens is 2. The van der Waals surface area contributed by atoms with Gasteiger partial charge in [0.15, 0.2) is 0 Å². The average Bonchev–Trinajstić information content (AvgIpc) is 3.02. The van der Waals surface area contributed by atoms with Crippen molar-refractivity contribution < 1.29 is 14.3 Å². The number of fused-ring (bicyclic) bond motifs is 1. The number of ether oxygens (including phenoxy) is 2. The Morgan fingerprint density at radius 1 is 0.878 bits per heavy atom. The second kappa shape index (κ2) is 12.4. The Kier molecular flexibility index (Phi) is 8.29. The van der Waals surface area contributed by atoms with Crippen molar-refractivity contribution >= 4 is 22.6 Å². The molecule has 1 atom stereocenters. The van der Waals surface area contributed by atoms with Crippen LogP contribution in [0.3, 0.4) is 0 Å². The van der Waals surface area contributed by atoms with Crippen molar-refractivity contribution in [1.29, 1.82) is 0 Å². The number of methoxy groups -OCH3 is 2. The Balaban J connectivity index is 1.68. The highest BCUT2D eigenvalue weighted by atomic mass is 16.5. The number of urea groups is 1. The summed E-state index contributed by atoms with van der Waals surface area (Å²) < 4.78 is 12.5. The van der Waals surface area contributed by atoms with E-state index in [9.17, 15) is 9.59 Å². The number of hydrogen-bond donors (Lipinski definition) is 1. The van der Waals surface area contributed by atoms with Gasteiger partial charge in [-0.25, -0.2) is 9.78 Å². The topological polar surface area (TPSA) is 85.7 Å². The maximum atomic E-state index is 14.1. The summed E-state index contributed by atoms with van der Waals surface area (Å²) in [7, 11) is 3.16. The highest BCUT2D eigenvalue weighted by Gasteiger charge is 2.30. The molecule has 5 rings (SSSR count). The summed E-state index contributed by atoms with van der Waals surface area (Å²) in [5.41, 5.74) is 2.46. The summed E-state index contributed by atoms with van der Waals surface area (Å²) >= 11 is 0. The molecule has 0 aliphatic carbocycles. The third-order valence-electron chi connectivity index (χ3n) is 6.99. The molecule has 0 fully saturated rings. The number of carbonyl (C=O) groups excluding carboxylic acids is 1. The van der Waals surface area contributed by atoms with Crippen molar-refractivity contribution in [1.82, 2.24) is 14.5 Å². The molecule has 1 N–H and O–H groups in total. The van der Waals surface area contributed by atoms with E-state index in [0.29, 0.717) is 52.6 Å². The van der Waals surface area contributed by atoms with E-state index in [4.69, 9.17) is 14.5 Å². The number of carbonyl (C=O) groups is 1. The smallest absolute Gasteiger partial charge is 0.322 e. The Labute approximate surface area is 238 Å². The van der Waals surface area contributed by atoms with Gasteiger partial charge >= 0.3 is 6.03 Å². The van der Waals surface area contributed by atoms with Crippen LogP contribution in [0.15, 0.2) is 108 Å². The summed E-state index contributed by atoms with van der Waals surface area (Å²) in [5.74, 6) is 1.67. The first kappa shape index (κ1) is 27.5. The molecule has 0 saturated carbocycles. The third-order valence-corrected chi connectivity index (χ3v) is 6.99. The number of hydrogen-bond acceptors (Lipinski definition) is 5. The van der Waals surface area contributed by atoms with E-state index in [1.54, 1.807) is 60.1 Å². The van der Waals surface area contributed by atoms with Gasteiger partial charge in [-0.15, -0.1) is 0 Å². The van der Waals surface area contributed by atoms with Crippen LogP contribution in [-0.2, 0) is 6.54 Å². The summed E-state index contributed by atoms with van der Waals surface area (Å²) in [6.45, 7) is 2.28. The lowest BCUT2D eigenvalue weighted by Gasteiger charge is -2.32. The number of anilines is 1. The molecular weight excluding hydrogens is 516 g/mol. The first-order chi connectivity index (χ1) is 20.0. The number of benzene rings is 4. The molecule has 2 amide bonds. The van der Waals surface area contributed by atoms with E-state index >= 15 is 0 Å². The van der Waals surface area contributed by atoms with Gasteiger partial charge in [0.05, 0.1) is 36.9 Å². The van der Waals surface area contributed by atoms with Gasteiger partial charge in [0.2, 0.25) is 0 Å². The zero-order valence-electron chi connectivity index (χ0n) is 23.3. The molecule has 8 heteroatoms. The van der Waals surface area contributed by atoms with E-state index in [0.717, 1.165) is 5.56 Å². The second-order valence-corrected chi connectivity index (χ2v) is 9.50. The maximum absolute atomic E-state index is 14.1. The van der Waals surface area contributed by atoms with Crippen molar-refractivity contribution in [3.8, 4) is 17.2 Å². The van der Waals surface area contributed by atoms with Crippen molar-refractivity contribution in [2.24, 2.45) is 0 Å². The maximum Gasteiger partial charge on any atom is 0.322 e. The fraction of sp³-hybridized carbons (Fsp3) is 0.182. The van der Waals surface area contributed by atoms with Crippen molar-refractivity contribution in [2.75, 3.05) is 19.5 Å². The van der Waals surface area contributed by atoms with Crippen LogP contribution in [0.5, 0.6) is 11.5 Å². The van der Waals surface area contributed by atoms with Gasteiger partial charge in [-0.1, -0.05) is 61.5 Å². The monoisotopic (exact) mass is 548 g/mol. The summed E-state index contributed by atoms with van der Waals surface area (Å²) in [5, 5.41) is 3.50. The van der Waals surface area contributed by atoms with Crippen molar-refractivity contribution in [3.05, 3.63) is 125 Å². The first-order valence-electron chi connectivity index (χ1n) is 13.4. The Hall–Kier alpha value is -5.11. The third kappa shape index (κ3) is 5.77. The molecule has 5 aromatic rings. The van der Waals surface area contributed by atoms with Gasteiger partial charge in [0, 0.05) is 12.2 Å². The van der Waals surface area contributed by atoms with E-state index in [-0.39, 0.29) is 11.6 Å². The fourth-order valence-electron chi connectivity index (χ4n) is 4.94. The number of amides is 2. The standard InChI is InChI=1S/C33H32N4O4/c1-4-28(36(22-23-12-6-5-7-13-23)33(39)34-24-18-20-25(40-2)21-19-24)31-35-27-15-9-8-14-26(27)32(38)37(31)29-16-10-11-17-30(29)41-3/h5-21,28H,4,22H2,1-3H3,(H,34,39). The van der Waals surface area contributed by atoms with Gasteiger partial charge < -0.3 is 19.7 Å². The van der Waals surface area contributed by atoms with E-state index in [1.165, 1.54) is 0 Å². The largest absolute Gasteiger partial charge is 0.497 e. The molecule has 1 unspecified atom stereocenters. The first-order valence-corrected chi connectivity index (χ1v) is 13.4. The molecule has 4 aromatic carbocycles. The molecular formula is C33H32N4O4. The van der Waals surface area contributed by atoms with Gasteiger partial charge in [-0.2, -0.15) is 0 Å². The van der Waals surface area contributed by atoms with Crippen LogP contribution in [0.2, 0.25) is 0 Å². The van der Waals surface area contributed by atoms with Crippen molar-refractivity contribution in [2.45, 2.75) is 25.9 Å². The molecule has 0 radical (unpaired) electrons. The molecule has 1 heterocycles. The zero-order valence-corrected chi connectivity index (χ0v) is 23.3. The highest BCUT2D eigenvalue weighted by Crippen LogP contribution is 2.31. The molecule has 1 aromatic heterocycles. The van der Waals surface area contributed by atoms with Gasteiger partial charge in [0.25, 0.3) is 5.56 Å². The molecule has 8 nitrogen and oxygen atoms in total. The predicted octanol–water partition coefficient (Wildman–Crippen LogP) is 6.59. The predicted molar refractivity (Wildman–Crippen MR) is 161 cm³/mol. The highest BCUT2D eigenvalue weighted by molar-refractivity contribution is 5.89. The average molecular weight is 549 g/mol. The SMILES string of the molecule is CCC(c1nc2ccccc2c(=O)n1-c1ccccc1OC)N(Cc1ccccc1)C(=O)Nc1ccc(OC)cc1. The number of nitrogens with zero attached hydrogens (tertiary/aromatic N) is 3. The minimum Gasteiger partial charge on any atom is -0.497 e. The summed E-state index contributed by atoms with van der Waals surface area (Å²) in [6.07, 6.45) is 0.503. The van der Waals surface area contributed by atoms with E-state index in [1.807, 2.05) is 73.7 Å². The Morgan fingerprint density at radius 2 is 1.56 bits per heavy atom. The normalized spacial score (nSPS) is 11.6. The Morgan fingerprint density at radius 3 is 2.27 bits per heavy atom. The van der Waals surface area contributed by atoms with Crippen LogP contribution in [0, 0.1) is 0 Å². The summed E-state index contributed by atoms with van der Waals surface area (Å²) in [4.78, 5) is 34.8.